The summed E-state index contributed by atoms with van der Waals surface area (Å²) in [4.78, 5) is 3.91. The molecule has 1 N–H and O–H groups in total. The van der Waals surface area contributed by atoms with Crippen molar-refractivity contribution in [1.29, 1.82) is 0 Å². The molecule has 1 rings (SSSR count). The highest BCUT2D eigenvalue weighted by Gasteiger charge is 2.23. The van der Waals surface area contributed by atoms with Gasteiger partial charge >= 0.3 is 0 Å². The van der Waals surface area contributed by atoms with Crippen LogP contribution in [-0.4, -0.2) is 15.7 Å². The van der Waals surface area contributed by atoms with Crippen molar-refractivity contribution in [3.05, 3.63) is 29.0 Å². The number of aliphatic hydroxyl groups is 1. The Hall–Kier alpha value is -0.600. The molecule has 0 unspecified atom stereocenters. The molecule has 1 aromatic heterocycles. The molecule has 0 saturated carbocycles. The monoisotopic (exact) mass is 213 g/mol. The number of halogens is 1. The average Bonchev–Trinajstić information content (AvgIpc) is 2.21. The zero-order valence-corrected chi connectivity index (χ0v) is 9.38. The highest BCUT2D eigenvalue weighted by Crippen LogP contribution is 2.24. The van der Waals surface area contributed by atoms with Crippen LogP contribution in [0.2, 0.25) is 5.02 Å². The van der Waals surface area contributed by atoms with Crippen LogP contribution >= 0.6 is 11.6 Å². The van der Waals surface area contributed by atoms with Crippen LogP contribution in [0, 0.1) is 0 Å². The van der Waals surface area contributed by atoms with Crippen molar-refractivity contribution < 1.29 is 5.11 Å². The third kappa shape index (κ3) is 2.69. The zero-order valence-electron chi connectivity index (χ0n) is 8.63. The third-order valence-electron chi connectivity index (χ3n) is 2.69. The van der Waals surface area contributed by atoms with E-state index in [1.807, 2.05) is 19.9 Å². The van der Waals surface area contributed by atoms with Crippen LogP contribution in [0.4, 0.5) is 0 Å². The van der Waals surface area contributed by atoms with Crippen molar-refractivity contribution in [3.63, 3.8) is 0 Å². The number of hydrogen-bond donors (Lipinski definition) is 1. The first-order valence-electron chi connectivity index (χ1n) is 4.92. The summed E-state index contributed by atoms with van der Waals surface area (Å²) >= 11 is 5.97. The van der Waals surface area contributed by atoms with Gasteiger partial charge < -0.3 is 5.11 Å². The summed E-state index contributed by atoms with van der Waals surface area (Å²) < 4.78 is 0. The predicted octanol–water partition coefficient (Wildman–Crippen LogP) is 2.83. The lowest BCUT2D eigenvalue weighted by atomic mass is 9.90. The van der Waals surface area contributed by atoms with Crippen molar-refractivity contribution in [3.8, 4) is 0 Å². The largest absolute Gasteiger partial charge is 0.390 e. The van der Waals surface area contributed by atoms with Gasteiger partial charge in [-0.15, -0.1) is 0 Å². The van der Waals surface area contributed by atoms with Crippen molar-refractivity contribution in [2.24, 2.45) is 0 Å². The SMILES string of the molecule is CCC(O)(CC)Cc1ccncc1Cl. The summed E-state index contributed by atoms with van der Waals surface area (Å²) in [7, 11) is 0. The summed E-state index contributed by atoms with van der Waals surface area (Å²) in [6.07, 6.45) is 5.39. The molecule has 0 atom stereocenters. The Labute approximate surface area is 89.9 Å². The van der Waals surface area contributed by atoms with Crippen LogP contribution < -0.4 is 0 Å². The molecule has 14 heavy (non-hydrogen) atoms. The second-order valence-electron chi connectivity index (χ2n) is 3.58. The lowest BCUT2D eigenvalue weighted by Crippen LogP contribution is -2.29. The Morgan fingerprint density at radius 3 is 2.57 bits per heavy atom. The third-order valence-corrected chi connectivity index (χ3v) is 3.03. The quantitative estimate of drug-likeness (QED) is 0.835. The first-order chi connectivity index (χ1) is 6.61. The molecular weight excluding hydrogens is 198 g/mol. The first kappa shape index (κ1) is 11.5. The summed E-state index contributed by atoms with van der Waals surface area (Å²) in [6, 6.07) is 1.86. The van der Waals surface area contributed by atoms with Crippen molar-refractivity contribution >= 4 is 11.6 Å². The Morgan fingerprint density at radius 2 is 2.07 bits per heavy atom. The second-order valence-corrected chi connectivity index (χ2v) is 3.98. The van der Waals surface area contributed by atoms with Gasteiger partial charge in [0.2, 0.25) is 0 Å². The van der Waals surface area contributed by atoms with E-state index in [9.17, 15) is 5.11 Å². The highest BCUT2D eigenvalue weighted by molar-refractivity contribution is 6.31. The van der Waals surface area contributed by atoms with E-state index in [4.69, 9.17) is 11.6 Å². The maximum Gasteiger partial charge on any atom is 0.0683 e. The van der Waals surface area contributed by atoms with E-state index in [0.717, 1.165) is 18.4 Å². The van der Waals surface area contributed by atoms with E-state index in [1.165, 1.54) is 0 Å². The Bertz CT molecular complexity index is 297. The van der Waals surface area contributed by atoms with Crippen molar-refractivity contribution in [2.45, 2.75) is 38.7 Å². The lowest BCUT2D eigenvalue weighted by molar-refractivity contribution is 0.0326. The Balaban J connectivity index is 2.82. The normalized spacial score (nSPS) is 11.7. The number of hydrogen-bond acceptors (Lipinski definition) is 2. The Morgan fingerprint density at radius 1 is 1.43 bits per heavy atom. The number of aromatic nitrogens is 1. The van der Waals surface area contributed by atoms with Crippen LogP contribution in [-0.2, 0) is 6.42 Å². The van der Waals surface area contributed by atoms with Gasteiger partial charge in [0.25, 0.3) is 0 Å². The minimum absolute atomic E-state index is 0.599. The molecule has 0 aliphatic carbocycles. The first-order valence-corrected chi connectivity index (χ1v) is 5.30. The maximum absolute atomic E-state index is 10.1. The van der Waals surface area contributed by atoms with Gasteiger partial charge in [0.05, 0.1) is 10.6 Å². The van der Waals surface area contributed by atoms with Crippen molar-refractivity contribution in [1.82, 2.24) is 4.98 Å². The molecule has 0 bridgehead atoms. The van der Waals surface area contributed by atoms with E-state index in [2.05, 4.69) is 4.98 Å². The number of pyridine rings is 1. The average molecular weight is 214 g/mol. The summed E-state index contributed by atoms with van der Waals surface area (Å²) in [5, 5.41) is 10.8. The van der Waals surface area contributed by atoms with Crippen LogP contribution in [0.15, 0.2) is 18.5 Å². The summed E-state index contributed by atoms with van der Waals surface area (Å²) in [5.74, 6) is 0. The molecule has 0 radical (unpaired) electrons. The lowest BCUT2D eigenvalue weighted by Gasteiger charge is -2.25. The fourth-order valence-electron chi connectivity index (χ4n) is 1.40. The molecule has 0 aliphatic rings. The summed E-state index contributed by atoms with van der Waals surface area (Å²) in [5.41, 5.74) is 0.332. The molecule has 1 heterocycles. The van der Waals surface area contributed by atoms with Gasteiger partial charge in [0, 0.05) is 18.8 Å². The van der Waals surface area contributed by atoms with E-state index in [0.29, 0.717) is 11.4 Å². The topological polar surface area (TPSA) is 33.1 Å². The molecule has 3 heteroatoms. The minimum Gasteiger partial charge on any atom is -0.390 e. The Kier molecular flexibility index (Phi) is 3.90. The van der Waals surface area contributed by atoms with Gasteiger partial charge in [-0.25, -0.2) is 0 Å². The minimum atomic E-state index is -0.634. The molecule has 0 spiro atoms. The van der Waals surface area contributed by atoms with Crippen molar-refractivity contribution in [2.75, 3.05) is 0 Å². The van der Waals surface area contributed by atoms with Gasteiger partial charge in [-0.1, -0.05) is 25.4 Å². The van der Waals surface area contributed by atoms with E-state index in [-0.39, 0.29) is 0 Å². The predicted molar refractivity (Wildman–Crippen MR) is 58.5 cm³/mol. The molecule has 0 aliphatic heterocycles. The molecule has 2 nitrogen and oxygen atoms in total. The van der Waals surface area contributed by atoms with Crippen LogP contribution in [0.3, 0.4) is 0 Å². The van der Waals surface area contributed by atoms with Gasteiger partial charge in [0.15, 0.2) is 0 Å². The van der Waals surface area contributed by atoms with E-state index in [1.54, 1.807) is 12.4 Å². The van der Waals surface area contributed by atoms with Crippen LogP contribution in [0.1, 0.15) is 32.3 Å². The van der Waals surface area contributed by atoms with Crippen LogP contribution in [0.25, 0.3) is 0 Å². The number of rotatable bonds is 4. The molecule has 0 saturated heterocycles. The van der Waals surface area contributed by atoms with Gasteiger partial charge in [-0.3, -0.25) is 4.98 Å². The highest BCUT2D eigenvalue weighted by atomic mass is 35.5. The fraction of sp³-hybridized carbons (Fsp3) is 0.545. The van der Waals surface area contributed by atoms with E-state index >= 15 is 0 Å². The molecule has 0 amide bonds. The smallest absolute Gasteiger partial charge is 0.0683 e. The molecule has 1 aromatic rings. The zero-order chi connectivity index (χ0) is 10.6. The maximum atomic E-state index is 10.1. The second kappa shape index (κ2) is 4.76. The summed E-state index contributed by atoms with van der Waals surface area (Å²) in [6.45, 7) is 3.97. The fourth-order valence-corrected chi connectivity index (χ4v) is 1.59. The molecule has 0 aromatic carbocycles. The van der Waals surface area contributed by atoms with Gasteiger partial charge in [-0.2, -0.15) is 0 Å². The molecule has 0 fully saturated rings. The molecular formula is C11H16ClNO. The van der Waals surface area contributed by atoms with Gasteiger partial charge in [-0.05, 0) is 24.5 Å². The van der Waals surface area contributed by atoms with Gasteiger partial charge in [0.1, 0.15) is 0 Å². The van der Waals surface area contributed by atoms with E-state index < -0.39 is 5.60 Å². The molecule has 78 valence electrons. The standard InChI is InChI=1S/C11H16ClNO/c1-3-11(14,4-2)7-9-5-6-13-8-10(9)12/h5-6,8,14H,3-4,7H2,1-2H3. The number of nitrogens with zero attached hydrogens (tertiary/aromatic N) is 1. The van der Waals surface area contributed by atoms with Crippen LogP contribution in [0.5, 0.6) is 0 Å².